The lowest BCUT2D eigenvalue weighted by atomic mass is 10.1. The van der Waals surface area contributed by atoms with Crippen molar-refractivity contribution in [1.29, 1.82) is 0 Å². The molecule has 0 saturated heterocycles. The molecule has 0 N–H and O–H groups in total. The van der Waals surface area contributed by atoms with Gasteiger partial charge in [-0.2, -0.15) is 0 Å². The number of nitrogens with zero attached hydrogens (tertiary/aromatic N) is 2. The first-order valence-electron chi connectivity index (χ1n) is 7.71. The number of hydrogen-bond donors (Lipinski definition) is 0. The molecule has 1 aromatic carbocycles. The van der Waals surface area contributed by atoms with Crippen molar-refractivity contribution in [3.63, 3.8) is 0 Å². The highest BCUT2D eigenvalue weighted by molar-refractivity contribution is 5.66. The third-order valence-corrected chi connectivity index (χ3v) is 3.82. The fourth-order valence-corrected chi connectivity index (χ4v) is 2.69. The second-order valence-electron chi connectivity index (χ2n) is 5.77. The highest BCUT2D eigenvalue weighted by Crippen LogP contribution is 2.26. The summed E-state index contributed by atoms with van der Waals surface area (Å²) in [7, 11) is 0. The molecule has 0 aliphatic heterocycles. The minimum Gasteiger partial charge on any atom is -0.406 e. The number of ether oxygens (including phenoxy) is 1. The van der Waals surface area contributed by atoms with Gasteiger partial charge < -0.3 is 13.8 Å². The van der Waals surface area contributed by atoms with Crippen LogP contribution in [0.2, 0.25) is 0 Å². The van der Waals surface area contributed by atoms with Crippen molar-refractivity contribution in [2.24, 2.45) is 0 Å². The van der Waals surface area contributed by atoms with Crippen LogP contribution in [0.1, 0.15) is 17.0 Å². The lowest BCUT2D eigenvalue weighted by molar-refractivity contribution is -0.274. The zero-order valence-electron chi connectivity index (χ0n) is 14.0. The van der Waals surface area contributed by atoms with Crippen molar-refractivity contribution in [2.75, 3.05) is 0 Å². The molecule has 0 aliphatic rings. The summed E-state index contributed by atoms with van der Waals surface area (Å²) in [4.78, 5) is 12.1. The number of benzene rings is 1. The number of halogens is 3. The maximum absolute atomic E-state index is 12.2. The Morgan fingerprint density at radius 3 is 2.38 bits per heavy atom. The van der Waals surface area contributed by atoms with Crippen molar-refractivity contribution < 1.29 is 22.4 Å². The molecular formula is C18H15F3N2O3. The van der Waals surface area contributed by atoms with E-state index >= 15 is 0 Å². The summed E-state index contributed by atoms with van der Waals surface area (Å²) in [6.45, 7) is 3.80. The molecule has 0 saturated carbocycles. The average Bonchev–Trinajstić information content (AvgIpc) is 2.89. The lowest BCUT2D eigenvalue weighted by Crippen LogP contribution is -2.19. The second-order valence-corrected chi connectivity index (χ2v) is 5.77. The van der Waals surface area contributed by atoms with Gasteiger partial charge in [0, 0.05) is 23.4 Å². The number of aryl methyl sites for hydroxylation is 2. The van der Waals surface area contributed by atoms with E-state index in [0.29, 0.717) is 17.0 Å². The van der Waals surface area contributed by atoms with Crippen LogP contribution in [-0.2, 0) is 6.54 Å². The van der Waals surface area contributed by atoms with Crippen molar-refractivity contribution in [2.45, 2.75) is 26.8 Å². The van der Waals surface area contributed by atoms with Crippen molar-refractivity contribution in [3.8, 4) is 16.9 Å². The highest BCUT2D eigenvalue weighted by Gasteiger charge is 2.30. The molecule has 8 heteroatoms. The summed E-state index contributed by atoms with van der Waals surface area (Å²) in [6.07, 6.45) is -3.06. The molecule has 0 radical (unpaired) electrons. The Morgan fingerprint density at radius 2 is 1.81 bits per heavy atom. The standard InChI is InChI=1S/C18H15F3N2O3/c1-11-17(12(2)26-22-11)14-5-8-16(24)23(10-14)9-13-3-6-15(7-4-13)25-18(19,20)21/h3-8,10H,9H2,1-2H3. The molecule has 0 fully saturated rings. The Bertz CT molecular complexity index is 953. The first-order chi connectivity index (χ1) is 12.2. The second kappa shape index (κ2) is 6.70. The normalized spacial score (nSPS) is 11.6. The van der Waals surface area contributed by atoms with Gasteiger partial charge in [0.2, 0.25) is 0 Å². The number of pyridine rings is 1. The zero-order valence-corrected chi connectivity index (χ0v) is 14.0. The first kappa shape index (κ1) is 17.8. The van der Waals surface area contributed by atoms with Crippen LogP contribution in [0.3, 0.4) is 0 Å². The van der Waals surface area contributed by atoms with Crippen molar-refractivity contribution >= 4 is 0 Å². The molecule has 3 aromatic rings. The van der Waals surface area contributed by atoms with E-state index in [2.05, 4.69) is 9.89 Å². The predicted molar refractivity (Wildman–Crippen MR) is 87.9 cm³/mol. The molecule has 26 heavy (non-hydrogen) atoms. The van der Waals surface area contributed by atoms with E-state index in [4.69, 9.17) is 4.52 Å². The summed E-state index contributed by atoms with van der Waals surface area (Å²) < 4.78 is 47.1. The van der Waals surface area contributed by atoms with Gasteiger partial charge >= 0.3 is 6.36 Å². The van der Waals surface area contributed by atoms with Gasteiger partial charge in [0.15, 0.2) is 0 Å². The van der Waals surface area contributed by atoms with Gasteiger partial charge in [-0.15, -0.1) is 13.2 Å². The minimum atomic E-state index is -4.73. The number of alkyl halides is 3. The van der Waals surface area contributed by atoms with E-state index < -0.39 is 6.36 Å². The van der Waals surface area contributed by atoms with Gasteiger partial charge in [0.1, 0.15) is 11.5 Å². The molecule has 0 spiro atoms. The van der Waals surface area contributed by atoms with Crippen LogP contribution < -0.4 is 10.3 Å². The smallest absolute Gasteiger partial charge is 0.406 e. The van der Waals surface area contributed by atoms with E-state index in [9.17, 15) is 18.0 Å². The van der Waals surface area contributed by atoms with Crippen LogP contribution in [0.25, 0.3) is 11.1 Å². The average molecular weight is 364 g/mol. The van der Waals surface area contributed by atoms with Gasteiger partial charge in [-0.3, -0.25) is 4.79 Å². The maximum atomic E-state index is 12.2. The predicted octanol–water partition coefficient (Wildman–Crippen LogP) is 4.07. The molecule has 0 bridgehead atoms. The Balaban J connectivity index is 1.86. The quantitative estimate of drug-likeness (QED) is 0.700. The van der Waals surface area contributed by atoms with E-state index in [1.165, 1.54) is 34.9 Å². The third kappa shape index (κ3) is 3.96. The largest absolute Gasteiger partial charge is 0.573 e. The van der Waals surface area contributed by atoms with Crippen LogP contribution in [0.5, 0.6) is 5.75 Å². The zero-order chi connectivity index (χ0) is 18.9. The minimum absolute atomic E-state index is 0.211. The summed E-state index contributed by atoms with van der Waals surface area (Å²) in [5.41, 5.74) is 2.74. The number of hydrogen-bond acceptors (Lipinski definition) is 4. The van der Waals surface area contributed by atoms with E-state index in [1.54, 1.807) is 26.1 Å². The Labute approximate surface area is 146 Å². The van der Waals surface area contributed by atoms with Crippen LogP contribution in [0, 0.1) is 13.8 Å². The van der Waals surface area contributed by atoms with E-state index in [-0.39, 0.29) is 17.9 Å². The molecule has 5 nitrogen and oxygen atoms in total. The summed E-state index contributed by atoms with van der Waals surface area (Å²) in [5, 5.41) is 3.90. The lowest BCUT2D eigenvalue weighted by Gasteiger charge is -2.11. The van der Waals surface area contributed by atoms with E-state index in [0.717, 1.165) is 11.1 Å². The van der Waals surface area contributed by atoms with Gasteiger partial charge in [0.05, 0.1) is 12.2 Å². The molecule has 0 amide bonds. The van der Waals surface area contributed by atoms with Gasteiger partial charge in [-0.05, 0) is 37.6 Å². The van der Waals surface area contributed by atoms with Crippen LogP contribution in [0.15, 0.2) is 51.9 Å². The van der Waals surface area contributed by atoms with Crippen molar-refractivity contribution in [3.05, 3.63) is 70.0 Å². The Kier molecular flexibility index (Phi) is 4.58. The van der Waals surface area contributed by atoms with Gasteiger partial charge in [-0.25, -0.2) is 0 Å². The van der Waals surface area contributed by atoms with Crippen LogP contribution in [-0.4, -0.2) is 16.1 Å². The Hall–Kier alpha value is -3.03. The molecule has 0 atom stereocenters. The number of rotatable bonds is 4. The van der Waals surface area contributed by atoms with Gasteiger partial charge in [0.25, 0.3) is 5.56 Å². The third-order valence-electron chi connectivity index (χ3n) is 3.82. The Morgan fingerprint density at radius 1 is 1.12 bits per heavy atom. The maximum Gasteiger partial charge on any atom is 0.573 e. The SMILES string of the molecule is Cc1noc(C)c1-c1ccc(=O)n(Cc2ccc(OC(F)(F)F)cc2)c1. The molecule has 0 unspecified atom stereocenters. The van der Waals surface area contributed by atoms with E-state index in [1.807, 2.05) is 0 Å². The molecule has 0 aliphatic carbocycles. The van der Waals surface area contributed by atoms with Gasteiger partial charge in [-0.1, -0.05) is 17.3 Å². The van der Waals surface area contributed by atoms with Crippen LogP contribution in [0.4, 0.5) is 13.2 Å². The fourth-order valence-electron chi connectivity index (χ4n) is 2.69. The molecule has 3 rings (SSSR count). The monoisotopic (exact) mass is 364 g/mol. The summed E-state index contributed by atoms with van der Waals surface area (Å²) >= 11 is 0. The molecule has 2 aromatic heterocycles. The summed E-state index contributed by atoms with van der Waals surface area (Å²) in [5.74, 6) is 0.333. The molecule has 136 valence electrons. The van der Waals surface area contributed by atoms with Crippen molar-refractivity contribution in [1.82, 2.24) is 9.72 Å². The highest BCUT2D eigenvalue weighted by atomic mass is 19.4. The number of aromatic nitrogens is 2. The summed E-state index contributed by atoms with van der Waals surface area (Å²) in [6, 6.07) is 8.51. The molecule has 2 heterocycles. The van der Waals surface area contributed by atoms with Crippen LogP contribution >= 0.6 is 0 Å². The topological polar surface area (TPSA) is 57.3 Å². The first-order valence-corrected chi connectivity index (χ1v) is 7.71. The fraction of sp³-hybridized carbons (Fsp3) is 0.222. The molecular weight excluding hydrogens is 349 g/mol.